The summed E-state index contributed by atoms with van der Waals surface area (Å²) in [5.74, 6) is 0.108. The molecule has 2 aliphatic heterocycles. The van der Waals surface area contributed by atoms with E-state index in [2.05, 4.69) is 4.98 Å². The molecule has 1 aromatic heterocycles. The number of aromatic nitrogens is 1. The van der Waals surface area contributed by atoms with Gasteiger partial charge in [0.05, 0.1) is 0 Å². The molecule has 0 radical (unpaired) electrons. The number of nitriles is 1. The molecule has 0 bridgehead atoms. The van der Waals surface area contributed by atoms with Crippen LogP contribution in [0.2, 0.25) is 0 Å². The molecule has 110 valence electrons. The predicted molar refractivity (Wildman–Crippen MR) is 72.4 cm³/mol. The van der Waals surface area contributed by atoms with Gasteiger partial charge in [0.2, 0.25) is 15.9 Å². The van der Waals surface area contributed by atoms with Gasteiger partial charge in [-0.1, -0.05) is 0 Å². The molecular formula is C13H14N4O3S. The molecule has 21 heavy (non-hydrogen) atoms. The maximum atomic E-state index is 12.6. The van der Waals surface area contributed by atoms with E-state index in [1.54, 1.807) is 4.90 Å². The van der Waals surface area contributed by atoms with Crippen molar-refractivity contribution in [3.8, 4) is 6.07 Å². The molecule has 0 aliphatic carbocycles. The van der Waals surface area contributed by atoms with E-state index in [0.29, 0.717) is 32.5 Å². The lowest BCUT2D eigenvalue weighted by Crippen LogP contribution is -2.53. The molecule has 0 N–H and O–H groups in total. The third kappa shape index (κ3) is 2.39. The van der Waals surface area contributed by atoms with Crippen LogP contribution < -0.4 is 0 Å². The fourth-order valence-electron chi connectivity index (χ4n) is 2.80. The highest BCUT2D eigenvalue weighted by atomic mass is 32.2. The van der Waals surface area contributed by atoms with Gasteiger partial charge >= 0.3 is 0 Å². The van der Waals surface area contributed by atoms with Gasteiger partial charge < -0.3 is 4.90 Å². The summed E-state index contributed by atoms with van der Waals surface area (Å²) in [6.45, 7) is 1.06. The number of fused-ring (bicyclic) bond motifs is 1. The van der Waals surface area contributed by atoms with Crippen LogP contribution in [0, 0.1) is 11.3 Å². The third-order valence-corrected chi connectivity index (χ3v) is 5.79. The Labute approximate surface area is 122 Å². The van der Waals surface area contributed by atoms with Crippen molar-refractivity contribution in [3.63, 3.8) is 0 Å². The van der Waals surface area contributed by atoms with Crippen LogP contribution in [0.15, 0.2) is 23.2 Å². The molecule has 3 rings (SSSR count). The molecule has 2 aliphatic rings. The number of rotatable bonds is 2. The minimum Gasteiger partial charge on any atom is -0.337 e. The van der Waals surface area contributed by atoms with E-state index in [1.807, 2.05) is 6.07 Å². The van der Waals surface area contributed by atoms with Crippen LogP contribution in [0.4, 0.5) is 0 Å². The first-order valence-corrected chi connectivity index (χ1v) is 8.12. The van der Waals surface area contributed by atoms with Crippen LogP contribution >= 0.6 is 0 Å². The molecule has 2 fully saturated rings. The summed E-state index contributed by atoms with van der Waals surface area (Å²) in [6.07, 6.45) is 2.41. The van der Waals surface area contributed by atoms with Crippen LogP contribution in [0.1, 0.15) is 18.5 Å². The number of hydrogen-bond donors (Lipinski definition) is 0. The van der Waals surface area contributed by atoms with Crippen molar-refractivity contribution < 1.29 is 13.2 Å². The molecule has 1 unspecified atom stereocenters. The second-order valence-electron chi connectivity index (χ2n) is 5.13. The Kier molecular flexibility index (Phi) is 3.39. The van der Waals surface area contributed by atoms with Crippen molar-refractivity contribution in [1.29, 1.82) is 5.26 Å². The quantitative estimate of drug-likeness (QED) is 0.763. The number of hydrogen-bond acceptors (Lipinski definition) is 5. The molecule has 0 saturated carbocycles. The average Bonchev–Trinajstić information content (AvgIpc) is 2.88. The first-order chi connectivity index (χ1) is 10.0. The molecule has 1 aromatic rings. The standard InChI is InChI=1S/C13H14N4O3S/c14-7-10-1-3-12(8-15-10)21(19,20)16-5-6-17-11(9-16)2-4-13(17)18/h1,3,8,11H,2,4-6,9H2. The van der Waals surface area contributed by atoms with Crippen molar-refractivity contribution in [2.75, 3.05) is 19.6 Å². The van der Waals surface area contributed by atoms with Crippen LogP contribution in [0.5, 0.6) is 0 Å². The molecular weight excluding hydrogens is 292 g/mol. The maximum Gasteiger partial charge on any atom is 0.244 e. The summed E-state index contributed by atoms with van der Waals surface area (Å²) in [4.78, 5) is 17.3. The summed E-state index contributed by atoms with van der Waals surface area (Å²) < 4.78 is 26.5. The zero-order chi connectivity index (χ0) is 15.0. The van der Waals surface area contributed by atoms with E-state index in [4.69, 9.17) is 5.26 Å². The predicted octanol–water partition coefficient (Wildman–Crippen LogP) is -0.0514. The topological polar surface area (TPSA) is 94.4 Å². The number of carbonyl (C=O) groups is 1. The Hall–Kier alpha value is -1.98. The summed E-state index contributed by atoms with van der Waals surface area (Å²) >= 11 is 0. The van der Waals surface area contributed by atoms with Gasteiger partial charge in [0.25, 0.3) is 0 Å². The molecule has 1 amide bonds. The summed E-state index contributed by atoms with van der Waals surface area (Å²) in [7, 11) is -3.62. The molecule has 1 atom stereocenters. The van der Waals surface area contributed by atoms with Gasteiger partial charge in [0.15, 0.2) is 0 Å². The van der Waals surface area contributed by atoms with E-state index in [0.717, 1.165) is 0 Å². The number of sulfonamides is 1. The lowest BCUT2D eigenvalue weighted by Gasteiger charge is -2.36. The largest absolute Gasteiger partial charge is 0.337 e. The number of carbonyl (C=O) groups excluding carboxylic acids is 1. The van der Waals surface area contributed by atoms with Crippen LogP contribution in [0.3, 0.4) is 0 Å². The highest BCUT2D eigenvalue weighted by Gasteiger charge is 2.39. The smallest absolute Gasteiger partial charge is 0.244 e. The molecule has 2 saturated heterocycles. The monoisotopic (exact) mass is 306 g/mol. The van der Waals surface area contributed by atoms with E-state index in [1.165, 1.54) is 22.6 Å². The lowest BCUT2D eigenvalue weighted by atomic mass is 10.2. The van der Waals surface area contributed by atoms with Crippen molar-refractivity contribution in [2.45, 2.75) is 23.8 Å². The SMILES string of the molecule is N#Cc1ccc(S(=O)(=O)N2CCN3C(=O)CCC3C2)cn1. The Morgan fingerprint density at radius 2 is 2.14 bits per heavy atom. The summed E-state index contributed by atoms with van der Waals surface area (Å²) in [5.41, 5.74) is 0.181. The number of nitrogens with zero attached hydrogens (tertiary/aromatic N) is 4. The van der Waals surface area contributed by atoms with Crippen molar-refractivity contribution in [1.82, 2.24) is 14.2 Å². The zero-order valence-electron chi connectivity index (χ0n) is 11.3. The zero-order valence-corrected chi connectivity index (χ0v) is 12.1. The van der Waals surface area contributed by atoms with E-state index in [-0.39, 0.29) is 22.5 Å². The number of amides is 1. The Balaban J connectivity index is 1.82. The highest BCUT2D eigenvalue weighted by molar-refractivity contribution is 7.89. The van der Waals surface area contributed by atoms with E-state index < -0.39 is 10.0 Å². The summed E-state index contributed by atoms with van der Waals surface area (Å²) in [5, 5.41) is 8.70. The first kappa shape index (κ1) is 14.0. The first-order valence-electron chi connectivity index (χ1n) is 6.68. The normalized spacial score (nSPS) is 22.9. The van der Waals surface area contributed by atoms with Gasteiger partial charge in [-0.3, -0.25) is 4.79 Å². The van der Waals surface area contributed by atoms with Crippen LogP contribution in [-0.2, 0) is 14.8 Å². The second kappa shape index (κ2) is 5.09. The maximum absolute atomic E-state index is 12.6. The number of piperazine rings is 1. The molecule has 0 aromatic carbocycles. The Morgan fingerprint density at radius 1 is 1.33 bits per heavy atom. The number of pyridine rings is 1. The van der Waals surface area contributed by atoms with Crippen LogP contribution in [-0.4, -0.2) is 54.2 Å². The molecule has 8 heteroatoms. The summed E-state index contributed by atoms with van der Waals surface area (Å²) in [6, 6.07) is 4.62. The lowest BCUT2D eigenvalue weighted by molar-refractivity contribution is -0.130. The van der Waals surface area contributed by atoms with Crippen molar-refractivity contribution in [2.24, 2.45) is 0 Å². The van der Waals surface area contributed by atoms with Gasteiger partial charge in [-0.05, 0) is 18.6 Å². The van der Waals surface area contributed by atoms with Gasteiger partial charge in [-0.2, -0.15) is 9.57 Å². The fourth-order valence-corrected chi connectivity index (χ4v) is 4.22. The minimum atomic E-state index is -3.62. The van der Waals surface area contributed by atoms with Crippen molar-refractivity contribution in [3.05, 3.63) is 24.0 Å². The highest BCUT2D eigenvalue weighted by Crippen LogP contribution is 2.26. The third-order valence-electron chi connectivity index (χ3n) is 3.95. The van der Waals surface area contributed by atoms with E-state index >= 15 is 0 Å². The van der Waals surface area contributed by atoms with E-state index in [9.17, 15) is 13.2 Å². The Morgan fingerprint density at radius 3 is 2.81 bits per heavy atom. The van der Waals surface area contributed by atoms with Gasteiger partial charge in [-0.25, -0.2) is 13.4 Å². The Bertz CT molecular complexity index is 708. The average molecular weight is 306 g/mol. The van der Waals surface area contributed by atoms with Crippen LogP contribution in [0.25, 0.3) is 0 Å². The molecule has 0 spiro atoms. The van der Waals surface area contributed by atoms with Crippen molar-refractivity contribution >= 4 is 15.9 Å². The molecule has 3 heterocycles. The second-order valence-corrected chi connectivity index (χ2v) is 7.07. The van der Waals surface area contributed by atoms with Gasteiger partial charge in [0, 0.05) is 38.3 Å². The van der Waals surface area contributed by atoms with Gasteiger partial charge in [0.1, 0.15) is 16.7 Å². The molecule has 7 nitrogen and oxygen atoms in total. The minimum absolute atomic E-state index is 0.0210. The fraction of sp³-hybridized carbons (Fsp3) is 0.462. The van der Waals surface area contributed by atoms with Gasteiger partial charge in [-0.15, -0.1) is 0 Å².